The first-order valence-electron chi connectivity index (χ1n) is 6.08. The summed E-state index contributed by atoms with van der Waals surface area (Å²) in [6.07, 6.45) is 0.509. The molecule has 0 aliphatic rings. The zero-order chi connectivity index (χ0) is 13.0. The summed E-state index contributed by atoms with van der Waals surface area (Å²) in [4.78, 5) is 4.24. The number of fused-ring (bicyclic) bond motifs is 1. The highest BCUT2D eigenvalue weighted by molar-refractivity contribution is 5.82. The molecule has 0 saturated heterocycles. The van der Waals surface area contributed by atoms with Gasteiger partial charge in [0.15, 0.2) is 0 Å². The maximum absolute atomic E-state index is 10.2. The van der Waals surface area contributed by atoms with E-state index in [2.05, 4.69) is 10.3 Å². The third-order valence-corrected chi connectivity index (χ3v) is 3.06. The largest absolute Gasteiger partial charge is 0.390 e. The topological polar surface area (TPSA) is 65.4 Å². The Bertz CT molecular complexity index is 511. The molecule has 1 aromatic carbocycles. The summed E-state index contributed by atoms with van der Waals surface area (Å²) in [5.74, 6) is 0. The molecule has 1 aromatic heterocycles. The number of nitrogens with one attached hydrogen (secondary N) is 1. The van der Waals surface area contributed by atoms with Crippen LogP contribution in [0.4, 0.5) is 0 Å². The van der Waals surface area contributed by atoms with Gasteiger partial charge in [-0.2, -0.15) is 0 Å². The Labute approximate surface area is 106 Å². The van der Waals surface area contributed by atoms with Crippen molar-refractivity contribution >= 4 is 10.9 Å². The van der Waals surface area contributed by atoms with Crippen molar-refractivity contribution in [2.75, 3.05) is 13.6 Å². The van der Waals surface area contributed by atoms with Gasteiger partial charge in [-0.1, -0.05) is 18.2 Å². The standard InChI is InChI=1S/C14H18N2O2/c1-15-8-7-13(17)14(18)11-6-9-16-12-5-3-2-4-10(11)12/h2-6,9,13-15,17-18H,7-8H2,1H3. The first-order valence-corrected chi connectivity index (χ1v) is 6.08. The molecule has 2 rings (SSSR count). The highest BCUT2D eigenvalue weighted by Gasteiger charge is 2.19. The van der Waals surface area contributed by atoms with Crippen molar-refractivity contribution < 1.29 is 10.2 Å². The maximum atomic E-state index is 10.2. The molecule has 0 spiro atoms. The van der Waals surface area contributed by atoms with Crippen LogP contribution in [0, 0.1) is 0 Å². The molecule has 2 atom stereocenters. The molecule has 2 unspecified atom stereocenters. The zero-order valence-corrected chi connectivity index (χ0v) is 10.4. The van der Waals surface area contributed by atoms with Crippen molar-refractivity contribution in [2.45, 2.75) is 18.6 Å². The number of aliphatic hydroxyl groups is 2. The van der Waals surface area contributed by atoms with Gasteiger partial charge in [0.1, 0.15) is 6.10 Å². The Morgan fingerprint density at radius 1 is 1.22 bits per heavy atom. The minimum absolute atomic E-state index is 0.508. The summed E-state index contributed by atoms with van der Waals surface area (Å²) < 4.78 is 0. The molecule has 3 N–H and O–H groups in total. The average Bonchev–Trinajstić information content (AvgIpc) is 2.43. The number of nitrogens with zero attached hydrogens (tertiary/aromatic N) is 1. The van der Waals surface area contributed by atoms with E-state index in [9.17, 15) is 10.2 Å². The Morgan fingerprint density at radius 2 is 2.00 bits per heavy atom. The molecule has 4 nitrogen and oxygen atoms in total. The minimum Gasteiger partial charge on any atom is -0.390 e. The van der Waals surface area contributed by atoms with E-state index in [1.807, 2.05) is 31.3 Å². The minimum atomic E-state index is -0.883. The van der Waals surface area contributed by atoms with Crippen LogP contribution in [0.15, 0.2) is 36.5 Å². The first-order chi connectivity index (χ1) is 8.74. The fourth-order valence-electron chi connectivity index (χ4n) is 2.03. The van der Waals surface area contributed by atoms with Crippen molar-refractivity contribution in [2.24, 2.45) is 0 Å². The van der Waals surface area contributed by atoms with Crippen LogP contribution in [0.2, 0.25) is 0 Å². The Balaban J connectivity index is 2.29. The second-order valence-corrected chi connectivity index (χ2v) is 4.32. The number of aromatic nitrogens is 1. The van der Waals surface area contributed by atoms with Gasteiger partial charge in [-0.25, -0.2) is 0 Å². The molecule has 0 fully saturated rings. The molecule has 0 amide bonds. The monoisotopic (exact) mass is 246 g/mol. The summed E-state index contributed by atoms with van der Waals surface area (Å²) in [5, 5.41) is 24.0. The van der Waals surface area contributed by atoms with Gasteiger partial charge in [0.05, 0.1) is 11.6 Å². The smallest absolute Gasteiger partial charge is 0.106 e. The van der Waals surface area contributed by atoms with Gasteiger partial charge in [-0.3, -0.25) is 4.98 Å². The number of benzene rings is 1. The van der Waals surface area contributed by atoms with Crippen LogP contribution >= 0.6 is 0 Å². The third kappa shape index (κ3) is 2.67. The van der Waals surface area contributed by atoms with Gasteiger partial charge in [0.25, 0.3) is 0 Å². The predicted molar refractivity (Wildman–Crippen MR) is 71.3 cm³/mol. The molecule has 0 bridgehead atoms. The highest BCUT2D eigenvalue weighted by Crippen LogP contribution is 2.25. The highest BCUT2D eigenvalue weighted by atomic mass is 16.3. The molecule has 4 heteroatoms. The maximum Gasteiger partial charge on any atom is 0.106 e. The van der Waals surface area contributed by atoms with Gasteiger partial charge in [0, 0.05) is 11.6 Å². The average molecular weight is 246 g/mol. The zero-order valence-electron chi connectivity index (χ0n) is 10.4. The molecular weight excluding hydrogens is 228 g/mol. The van der Waals surface area contributed by atoms with Gasteiger partial charge in [-0.05, 0) is 37.7 Å². The van der Waals surface area contributed by atoms with Crippen LogP contribution in [0.1, 0.15) is 18.1 Å². The molecule has 1 heterocycles. The van der Waals surface area contributed by atoms with Crippen LogP contribution in [0.3, 0.4) is 0 Å². The third-order valence-electron chi connectivity index (χ3n) is 3.06. The van der Waals surface area contributed by atoms with E-state index in [0.717, 1.165) is 16.5 Å². The summed E-state index contributed by atoms with van der Waals surface area (Å²) >= 11 is 0. The number of hydrogen-bond acceptors (Lipinski definition) is 4. The summed E-state index contributed by atoms with van der Waals surface area (Å²) in [5.41, 5.74) is 1.55. The molecule has 96 valence electrons. The first kappa shape index (κ1) is 13.0. The van der Waals surface area contributed by atoms with E-state index < -0.39 is 12.2 Å². The second-order valence-electron chi connectivity index (χ2n) is 4.32. The lowest BCUT2D eigenvalue weighted by Crippen LogP contribution is -2.23. The number of para-hydroxylation sites is 1. The van der Waals surface area contributed by atoms with Crippen LogP contribution in [-0.4, -0.2) is 34.9 Å². The lowest BCUT2D eigenvalue weighted by atomic mass is 9.98. The normalized spacial score (nSPS) is 14.6. The number of pyridine rings is 1. The van der Waals surface area contributed by atoms with Gasteiger partial charge < -0.3 is 15.5 Å². The van der Waals surface area contributed by atoms with E-state index in [1.54, 1.807) is 12.3 Å². The number of aliphatic hydroxyl groups excluding tert-OH is 2. The van der Waals surface area contributed by atoms with Gasteiger partial charge >= 0.3 is 0 Å². The number of hydrogen-bond donors (Lipinski definition) is 3. The summed E-state index contributed by atoms with van der Waals surface area (Å²) in [6.45, 7) is 0.668. The second kappa shape index (κ2) is 5.91. The van der Waals surface area contributed by atoms with Crippen LogP contribution in [-0.2, 0) is 0 Å². The van der Waals surface area contributed by atoms with Crippen molar-refractivity contribution in [3.8, 4) is 0 Å². The lowest BCUT2D eigenvalue weighted by Gasteiger charge is -2.19. The Kier molecular flexibility index (Phi) is 4.25. The van der Waals surface area contributed by atoms with E-state index >= 15 is 0 Å². The lowest BCUT2D eigenvalue weighted by molar-refractivity contribution is 0.0148. The van der Waals surface area contributed by atoms with Crippen LogP contribution < -0.4 is 5.32 Å². The Morgan fingerprint density at radius 3 is 2.78 bits per heavy atom. The van der Waals surface area contributed by atoms with Gasteiger partial charge in [-0.15, -0.1) is 0 Å². The SMILES string of the molecule is CNCCC(O)C(O)c1ccnc2ccccc12. The van der Waals surface area contributed by atoms with Crippen molar-refractivity contribution in [3.05, 3.63) is 42.1 Å². The summed E-state index contributed by atoms with van der Waals surface area (Å²) in [6, 6.07) is 9.37. The van der Waals surface area contributed by atoms with Gasteiger partial charge in [0.2, 0.25) is 0 Å². The van der Waals surface area contributed by atoms with E-state index in [4.69, 9.17) is 0 Å². The van der Waals surface area contributed by atoms with Crippen molar-refractivity contribution in [1.29, 1.82) is 0 Å². The van der Waals surface area contributed by atoms with E-state index in [-0.39, 0.29) is 0 Å². The van der Waals surface area contributed by atoms with Crippen LogP contribution in [0.25, 0.3) is 10.9 Å². The predicted octanol–water partition coefficient (Wildman–Crippen LogP) is 1.24. The van der Waals surface area contributed by atoms with E-state index in [0.29, 0.717) is 13.0 Å². The molecule has 0 aliphatic heterocycles. The molecule has 0 aliphatic carbocycles. The molecule has 0 radical (unpaired) electrons. The molecular formula is C14H18N2O2. The molecule has 0 saturated carbocycles. The fraction of sp³-hybridized carbons (Fsp3) is 0.357. The van der Waals surface area contributed by atoms with E-state index in [1.165, 1.54) is 0 Å². The Hall–Kier alpha value is -1.49. The fourth-order valence-corrected chi connectivity index (χ4v) is 2.03. The van der Waals surface area contributed by atoms with Crippen molar-refractivity contribution in [3.63, 3.8) is 0 Å². The van der Waals surface area contributed by atoms with Crippen LogP contribution in [0.5, 0.6) is 0 Å². The summed E-state index contributed by atoms with van der Waals surface area (Å²) in [7, 11) is 1.82. The molecule has 2 aromatic rings. The number of rotatable bonds is 5. The molecule has 18 heavy (non-hydrogen) atoms. The quantitative estimate of drug-likeness (QED) is 0.742. The van der Waals surface area contributed by atoms with Crippen molar-refractivity contribution in [1.82, 2.24) is 10.3 Å².